The third kappa shape index (κ3) is 1.76. The third-order valence-electron chi connectivity index (χ3n) is 3.82. The summed E-state index contributed by atoms with van der Waals surface area (Å²) < 4.78 is 11.2. The lowest BCUT2D eigenvalue weighted by Gasteiger charge is -2.28. The van der Waals surface area contributed by atoms with Crippen LogP contribution in [0.3, 0.4) is 0 Å². The van der Waals surface area contributed by atoms with Gasteiger partial charge in [0.15, 0.2) is 5.79 Å². The topological polar surface area (TPSA) is 55.8 Å². The zero-order valence-corrected chi connectivity index (χ0v) is 9.28. The molecule has 4 nitrogen and oxygen atoms in total. The van der Waals surface area contributed by atoms with Crippen molar-refractivity contribution in [1.29, 1.82) is 0 Å². The number of hydrogen-bond acceptors (Lipinski definition) is 3. The summed E-state index contributed by atoms with van der Waals surface area (Å²) in [6.45, 7) is 4.85. The van der Waals surface area contributed by atoms with Crippen LogP contribution >= 0.6 is 0 Å². The molecule has 1 saturated heterocycles. The van der Waals surface area contributed by atoms with Crippen molar-refractivity contribution in [3.63, 3.8) is 0 Å². The molecule has 0 radical (unpaired) electrons. The minimum atomic E-state index is -0.734. The molecule has 2 aliphatic rings. The Labute approximate surface area is 89.6 Å². The first-order valence-electron chi connectivity index (χ1n) is 5.48. The SMILES string of the molecule is CC(C)(C(=O)O)C1CCC2(C1)OCCO2. The predicted molar refractivity (Wildman–Crippen MR) is 53.4 cm³/mol. The van der Waals surface area contributed by atoms with E-state index >= 15 is 0 Å². The van der Waals surface area contributed by atoms with E-state index in [0.29, 0.717) is 19.6 Å². The smallest absolute Gasteiger partial charge is 0.309 e. The van der Waals surface area contributed by atoms with Gasteiger partial charge in [0.2, 0.25) is 0 Å². The molecule has 15 heavy (non-hydrogen) atoms. The monoisotopic (exact) mass is 214 g/mol. The zero-order chi connectivity index (χ0) is 11.1. The van der Waals surface area contributed by atoms with Crippen LogP contribution in [0.25, 0.3) is 0 Å². The van der Waals surface area contributed by atoms with Crippen LogP contribution in [0.1, 0.15) is 33.1 Å². The van der Waals surface area contributed by atoms with Crippen LogP contribution in [0, 0.1) is 11.3 Å². The Hall–Kier alpha value is -0.610. The number of ether oxygens (including phenoxy) is 2. The van der Waals surface area contributed by atoms with E-state index < -0.39 is 17.2 Å². The van der Waals surface area contributed by atoms with E-state index in [1.165, 1.54) is 0 Å². The molecule has 0 amide bonds. The third-order valence-corrected chi connectivity index (χ3v) is 3.82. The van der Waals surface area contributed by atoms with E-state index in [-0.39, 0.29) is 5.92 Å². The molecule has 2 rings (SSSR count). The zero-order valence-electron chi connectivity index (χ0n) is 9.28. The van der Waals surface area contributed by atoms with Crippen molar-refractivity contribution < 1.29 is 19.4 Å². The van der Waals surface area contributed by atoms with Gasteiger partial charge in [-0.3, -0.25) is 4.79 Å². The van der Waals surface area contributed by atoms with Crippen molar-refractivity contribution in [2.45, 2.75) is 38.9 Å². The van der Waals surface area contributed by atoms with E-state index in [2.05, 4.69) is 0 Å². The van der Waals surface area contributed by atoms with E-state index in [9.17, 15) is 4.79 Å². The molecule has 1 aliphatic heterocycles. The van der Waals surface area contributed by atoms with Crippen molar-refractivity contribution in [1.82, 2.24) is 0 Å². The van der Waals surface area contributed by atoms with Gasteiger partial charge in [-0.2, -0.15) is 0 Å². The van der Waals surface area contributed by atoms with E-state index in [4.69, 9.17) is 14.6 Å². The van der Waals surface area contributed by atoms with Crippen molar-refractivity contribution in [3.05, 3.63) is 0 Å². The van der Waals surface area contributed by atoms with Crippen LogP contribution < -0.4 is 0 Å². The molecule has 1 N–H and O–H groups in total. The Kier molecular flexibility index (Phi) is 2.51. The van der Waals surface area contributed by atoms with E-state index in [1.807, 2.05) is 0 Å². The standard InChI is InChI=1S/C11H18O4/c1-10(2,9(12)13)8-3-4-11(7-8)14-5-6-15-11/h8H,3-7H2,1-2H3,(H,12,13). The lowest BCUT2D eigenvalue weighted by molar-refractivity contribution is -0.161. The van der Waals surface area contributed by atoms with Gasteiger partial charge in [-0.05, 0) is 26.2 Å². The van der Waals surface area contributed by atoms with Gasteiger partial charge >= 0.3 is 5.97 Å². The Morgan fingerprint density at radius 2 is 2.00 bits per heavy atom. The predicted octanol–water partition coefficient (Wildman–Crippen LogP) is 1.64. The molecule has 86 valence electrons. The summed E-state index contributed by atoms with van der Waals surface area (Å²) in [4.78, 5) is 11.1. The minimum Gasteiger partial charge on any atom is -0.481 e. The highest BCUT2D eigenvalue weighted by Gasteiger charge is 2.50. The lowest BCUT2D eigenvalue weighted by atomic mass is 9.78. The van der Waals surface area contributed by atoms with Gasteiger partial charge in [0.05, 0.1) is 18.6 Å². The van der Waals surface area contributed by atoms with Crippen LogP contribution in [0.4, 0.5) is 0 Å². The summed E-state index contributed by atoms with van der Waals surface area (Å²) in [7, 11) is 0. The van der Waals surface area contributed by atoms with Crippen LogP contribution in [-0.4, -0.2) is 30.1 Å². The maximum Gasteiger partial charge on any atom is 0.309 e. The Balaban J connectivity index is 2.06. The second-order valence-corrected chi connectivity index (χ2v) is 5.07. The van der Waals surface area contributed by atoms with Crippen LogP contribution in [-0.2, 0) is 14.3 Å². The maximum atomic E-state index is 11.1. The number of rotatable bonds is 2. The van der Waals surface area contributed by atoms with E-state index in [0.717, 1.165) is 12.8 Å². The van der Waals surface area contributed by atoms with Crippen LogP contribution in [0.15, 0.2) is 0 Å². The Bertz CT molecular complexity index is 266. The molecular formula is C11H18O4. The summed E-state index contributed by atoms with van der Waals surface area (Å²) in [6.07, 6.45) is 2.42. The molecule has 4 heteroatoms. The number of carbonyl (C=O) groups is 1. The molecule has 1 heterocycles. The van der Waals surface area contributed by atoms with Crippen molar-refractivity contribution in [3.8, 4) is 0 Å². The maximum absolute atomic E-state index is 11.1. The summed E-state index contributed by atoms with van der Waals surface area (Å²) in [6, 6.07) is 0. The summed E-state index contributed by atoms with van der Waals surface area (Å²) in [5.74, 6) is -1.05. The van der Waals surface area contributed by atoms with Gasteiger partial charge in [0.25, 0.3) is 0 Å². The molecule has 1 atom stereocenters. The van der Waals surface area contributed by atoms with Gasteiger partial charge < -0.3 is 14.6 Å². The van der Waals surface area contributed by atoms with E-state index in [1.54, 1.807) is 13.8 Å². The molecule has 0 bridgehead atoms. The highest BCUT2D eigenvalue weighted by molar-refractivity contribution is 5.74. The fourth-order valence-electron chi connectivity index (χ4n) is 2.52. The summed E-state index contributed by atoms with van der Waals surface area (Å²) in [5, 5.41) is 9.15. The largest absolute Gasteiger partial charge is 0.481 e. The first-order valence-corrected chi connectivity index (χ1v) is 5.48. The average Bonchev–Trinajstić information content (AvgIpc) is 2.77. The molecule has 0 aromatic carbocycles. The molecule has 2 fully saturated rings. The Morgan fingerprint density at radius 3 is 2.53 bits per heavy atom. The molecule has 1 unspecified atom stereocenters. The van der Waals surface area contributed by atoms with Crippen molar-refractivity contribution in [2.24, 2.45) is 11.3 Å². The molecule has 1 saturated carbocycles. The second kappa shape index (κ2) is 3.46. The number of hydrogen-bond donors (Lipinski definition) is 1. The molecule has 0 aromatic heterocycles. The van der Waals surface area contributed by atoms with Gasteiger partial charge in [0.1, 0.15) is 0 Å². The quantitative estimate of drug-likeness (QED) is 0.759. The number of carboxylic acid groups (broad SMARTS) is 1. The summed E-state index contributed by atoms with van der Waals surface area (Å²) in [5.41, 5.74) is -0.682. The normalized spacial score (nSPS) is 29.9. The fourth-order valence-corrected chi connectivity index (χ4v) is 2.52. The fraction of sp³-hybridized carbons (Fsp3) is 0.909. The minimum absolute atomic E-state index is 0.146. The molecule has 1 aliphatic carbocycles. The highest BCUT2D eigenvalue weighted by atomic mass is 16.7. The molecule has 0 aromatic rings. The number of aliphatic carboxylic acids is 1. The Morgan fingerprint density at radius 1 is 1.40 bits per heavy atom. The lowest BCUT2D eigenvalue weighted by Crippen LogP contribution is -2.34. The number of carboxylic acids is 1. The van der Waals surface area contributed by atoms with Crippen LogP contribution in [0.2, 0.25) is 0 Å². The van der Waals surface area contributed by atoms with Crippen molar-refractivity contribution >= 4 is 5.97 Å². The van der Waals surface area contributed by atoms with Gasteiger partial charge in [-0.25, -0.2) is 0 Å². The first-order chi connectivity index (χ1) is 6.96. The van der Waals surface area contributed by atoms with Crippen LogP contribution in [0.5, 0.6) is 0 Å². The second-order valence-electron chi connectivity index (χ2n) is 5.07. The first kappa shape index (κ1) is 10.9. The van der Waals surface area contributed by atoms with Crippen molar-refractivity contribution in [2.75, 3.05) is 13.2 Å². The molecular weight excluding hydrogens is 196 g/mol. The van der Waals surface area contributed by atoms with Gasteiger partial charge in [0, 0.05) is 12.8 Å². The molecule has 1 spiro atoms. The highest BCUT2D eigenvalue weighted by Crippen LogP contribution is 2.47. The average molecular weight is 214 g/mol. The summed E-state index contributed by atoms with van der Waals surface area (Å²) >= 11 is 0. The van der Waals surface area contributed by atoms with Gasteiger partial charge in [-0.15, -0.1) is 0 Å². The van der Waals surface area contributed by atoms with Gasteiger partial charge in [-0.1, -0.05) is 0 Å².